The Bertz CT molecular complexity index is 971. The molecule has 0 heterocycles. The minimum atomic E-state index is -0.396. The van der Waals surface area contributed by atoms with E-state index in [-0.39, 0.29) is 0 Å². The molecule has 0 aliphatic heterocycles. The fourth-order valence-electron chi connectivity index (χ4n) is 2.98. The first kappa shape index (κ1) is 20.2. The summed E-state index contributed by atoms with van der Waals surface area (Å²) in [5.41, 5.74) is 3.49. The second-order valence-electron chi connectivity index (χ2n) is 6.38. The van der Waals surface area contributed by atoms with Crippen LogP contribution in [0.15, 0.2) is 103 Å². The number of ether oxygens (including phenoxy) is 2. The molecule has 0 atom stereocenters. The average molecular weight is 384 g/mol. The number of esters is 1. The zero-order valence-electron chi connectivity index (χ0n) is 16.5. The minimum absolute atomic E-state index is 0.299. The van der Waals surface area contributed by atoms with Crippen LogP contribution in [0.1, 0.15) is 18.9 Å². The average Bonchev–Trinajstić information content (AvgIpc) is 2.78. The van der Waals surface area contributed by atoms with E-state index in [1.165, 1.54) is 0 Å². The van der Waals surface area contributed by atoms with Crippen LogP contribution in [-0.4, -0.2) is 12.6 Å². The Hall–Kier alpha value is -3.59. The normalized spacial score (nSPS) is 11.3. The molecule has 0 N–H and O–H groups in total. The third kappa shape index (κ3) is 5.23. The predicted molar refractivity (Wildman–Crippen MR) is 117 cm³/mol. The van der Waals surface area contributed by atoms with Crippen LogP contribution in [0.4, 0.5) is 0 Å². The molecule has 3 aromatic rings. The van der Waals surface area contributed by atoms with Crippen LogP contribution >= 0.6 is 0 Å². The van der Waals surface area contributed by atoms with Gasteiger partial charge in [0.25, 0.3) is 0 Å². The van der Waals surface area contributed by atoms with Crippen molar-refractivity contribution in [1.29, 1.82) is 0 Å². The van der Waals surface area contributed by atoms with Crippen molar-refractivity contribution in [3.63, 3.8) is 0 Å². The standard InChI is InChI=1S/C26H24O3/c1-3-11-24(26(27)28-4-2)25(22-14-9-6-10-15-22)29-23-18-16-21(17-19-23)20-12-7-5-8-13-20/h3,5-10,12-19H,1,4,11H2,2H3/b25-24+. The highest BCUT2D eigenvalue weighted by Crippen LogP contribution is 2.28. The fourth-order valence-corrected chi connectivity index (χ4v) is 2.98. The SMILES string of the molecule is C=CC/C(C(=O)OCC)=C(\Oc1ccc(-c2ccccc2)cc1)c1ccccc1. The predicted octanol–water partition coefficient (Wildman–Crippen LogP) is 6.28. The van der Waals surface area contributed by atoms with Crippen molar-refractivity contribution in [1.82, 2.24) is 0 Å². The van der Waals surface area contributed by atoms with Gasteiger partial charge in [0, 0.05) is 12.0 Å². The summed E-state index contributed by atoms with van der Waals surface area (Å²) in [7, 11) is 0. The summed E-state index contributed by atoms with van der Waals surface area (Å²) in [5.74, 6) is 0.734. The topological polar surface area (TPSA) is 35.5 Å². The monoisotopic (exact) mass is 384 g/mol. The molecule has 0 radical (unpaired) electrons. The lowest BCUT2D eigenvalue weighted by Gasteiger charge is -2.16. The maximum Gasteiger partial charge on any atom is 0.338 e. The van der Waals surface area contributed by atoms with Crippen molar-refractivity contribution < 1.29 is 14.3 Å². The van der Waals surface area contributed by atoms with E-state index in [9.17, 15) is 4.79 Å². The quantitative estimate of drug-likeness (QED) is 0.198. The molecule has 146 valence electrons. The first-order valence-electron chi connectivity index (χ1n) is 9.63. The van der Waals surface area contributed by atoms with Crippen molar-refractivity contribution >= 4 is 11.7 Å². The summed E-state index contributed by atoms with van der Waals surface area (Å²) in [4.78, 5) is 12.6. The maximum atomic E-state index is 12.6. The van der Waals surface area contributed by atoms with Gasteiger partial charge in [-0.1, -0.05) is 78.9 Å². The lowest BCUT2D eigenvalue weighted by atomic mass is 10.0. The van der Waals surface area contributed by atoms with Gasteiger partial charge in [-0.2, -0.15) is 0 Å². The maximum absolute atomic E-state index is 12.6. The van der Waals surface area contributed by atoms with Crippen LogP contribution in [0.5, 0.6) is 5.75 Å². The Morgan fingerprint density at radius 3 is 2.03 bits per heavy atom. The van der Waals surface area contributed by atoms with Crippen molar-refractivity contribution in [3.8, 4) is 16.9 Å². The summed E-state index contributed by atoms with van der Waals surface area (Å²) >= 11 is 0. The van der Waals surface area contributed by atoms with Gasteiger partial charge in [-0.05, 0) is 30.2 Å². The van der Waals surface area contributed by atoms with Gasteiger partial charge in [0.1, 0.15) is 11.5 Å². The van der Waals surface area contributed by atoms with E-state index in [1.54, 1.807) is 13.0 Å². The second kappa shape index (κ2) is 10.1. The molecule has 0 fully saturated rings. The zero-order valence-corrected chi connectivity index (χ0v) is 16.5. The van der Waals surface area contributed by atoms with Gasteiger partial charge >= 0.3 is 5.97 Å². The number of hydrogen-bond acceptors (Lipinski definition) is 3. The number of hydrogen-bond donors (Lipinski definition) is 0. The van der Waals surface area contributed by atoms with Gasteiger partial charge in [0.15, 0.2) is 0 Å². The highest BCUT2D eigenvalue weighted by atomic mass is 16.5. The second-order valence-corrected chi connectivity index (χ2v) is 6.38. The molecule has 0 saturated carbocycles. The van der Waals surface area contributed by atoms with Gasteiger partial charge in [-0.3, -0.25) is 0 Å². The van der Waals surface area contributed by atoms with E-state index in [1.807, 2.05) is 72.8 Å². The molecule has 3 nitrogen and oxygen atoms in total. The van der Waals surface area contributed by atoms with Crippen LogP contribution in [0.25, 0.3) is 16.9 Å². The summed E-state index contributed by atoms with van der Waals surface area (Å²) < 4.78 is 11.5. The Labute approximate surface area is 171 Å². The van der Waals surface area contributed by atoms with Gasteiger partial charge in [0.2, 0.25) is 0 Å². The van der Waals surface area contributed by atoms with E-state index >= 15 is 0 Å². The van der Waals surface area contributed by atoms with E-state index in [4.69, 9.17) is 9.47 Å². The highest BCUT2D eigenvalue weighted by molar-refractivity contribution is 5.96. The molecular formula is C26H24O3. The lowest BCUT2D eigenvalue weighted by molar-refractivity contribution is -0.138. The molecule has 0 amide bonds. The Morgan fingerprint density at radius 1 is 0.862 bits per heavy atom. The molecule has 0 aromatic heterocycles. The number of carbonyl (C=O) groups is 1. The van der Waals surface area contributed by atoms with E-state index in [2.05, 4.69) is 18.7 Å². The number of allylic oxidation sites excluding steroid dienone is 1. The smallest absolute Gasteiger partial charge is 0.338 e. The van der Waals surface area contributed by atoms with E-state index in [0.29, 0.717) is 30.1 Å². The molecule has 29 heavy (non-hydrogen) atoms. The summed E-state index contributed by atoms with van der Waals surface area (Å²) in [6.45, 7) is 5.86. The molecule has 0 saturated heterocycles. The van der Waals surface area contributed by atoms with Crippen molar-refractivity contribution in [2.75, 3.05) is 6.61 Å². The van der Waals surface area contributed by atoms with Crippen LogP contribution < -0.4 is 4.74 Å². The molecule has 0 aliphatic carbocycles. The Balaban J connectivity index is 1.98. The molecule has 0 aliphatic rings. The number of carbonyl (C=O) groups excluding carboxylic acids is 1. The van der Waals surface area contributed by atoms with Gasteiger partial charge < -0.3 is 9.47 Å². The number of benzene rings is 3. The first-order valence-corrected chi connectivity index (χ1v) is 9.63. The van der Waals surface area contributed by atoms with E-state index < -0.39 is 5.97 Å². The Morgan fingerprint density at radius 2 is 1.45 bits per heavy atom. The minimum Gasteiger partial charge on any atom is -0.463 e. The molecular weight excluding hydrogens is 360 g/mol. The molecule has 3 rings (SSSR count). The molecule has 0 unspecified atom stereocenters. The third-order valence-corrected chi connectivity index (χ3v) is 4.36. The van der Waals surface area contributed by atoms with Crippen molar-refractivity contribution in [2.24, 2.45) is 0 Å². The molecule has 0 bridgehead atoms. The first-order chi connectivity index (χ1) is 14.2. The van der Waals surface area contributed by atoms with Crippen molar-refractivity contribution in [2.45, 2.75) is 13.3 Å². The van der Waals surface area contributed by atoms with Gasteiger partial charge in [-0.15, -0.1) is 6.58 Å². The van der Waals surface area contributed by atoms with Gasteiger partial charge in [-0.25, -0.2) is 4.79 Å². The van der Waals surface area contributed by atoms with Crippen LogP contribution in [0.3, 0.4) is 0 Å². The van der Waals surface area contributed by atoms with Crippen molar-refractivity contribution in [3.05, 3.63) is 109 Å². The van der Waals surface area contributed by atoms with Crippen LogP contribution in [-0.2, 0) is 9.53 Å². The fraction of sp³-hybridized carbons (Fsp3) is 0.115. The third-order valence-electron chi connectivity index (χ3n) is 4.36. The summed E-state index contributed by atoms with van der Waals surface area (Å²) in [5, 5.41) is 0. The molecule has 3 aromatic carbocycles. The Kier molecular flexibility index (Phi) is 7.01. The number of rotatable bonds is 8. The van der Waals surface area contributed by atoms with Crippen LogP contribution in [0, 0.1) is 0 Å². The van der Waals surface area contributed by atoms with Gasteiger partial charge in [0.05, 0.1) is 12.2 Å². The summed E-state index contributed by atoms with van der Waals surface area (Å²) in [6, 6.07) is 27.5. The lowest BCUT2D eigenvalue weighted by Crippen LogP contribution is -2.12. The molecule has 0 spiro atoms. The van der Waals surface area contributed by atoms with Crippen LogP contribution in [0.2, 0.25) is 0 Å². The summed E-state index contributed by atoms with van der Waals surface area (Å²) in [6.07, 6.45) is 2.03. The molecule has 3 heteroatoms. The largest absolute Gasteiger partial charge is 0.463 e. The highest BCUT2D eigenvalue weighted by Gasteiger charge is 2.19. The van der Waals surface area contributed by atoms with E-state index in [0.717, 1.165) is 16.7 Å². The zero-order chi connectivity index (χ0) is 20.5.